The van der Waals surface area contributed by atoms with Gasteiger partial charge in [-0.3, -0.25) is 19.5 Å². The zero-order valence-electron chi connectivity index (χ0n) is 16.0. The molecule has 0 fully saturated rings. The van der Waals surface area contributed by atoms with Crippen molar-refractivity contribution >= 4 is 40.2 Å². The standard InChI is InChI=1S/C19H20N6O2S/c1-11-5-6-16(7-12(11)2)25(14(4)26)19-22-15(10-28-19)9-20-24-18-21-13(3)8-17(27)23-18/h5-10H,1-4H3,(H2,21,23,24,27)/b20-9-. The molecule has 0 radical (unpaired) electrons. The number of aromatic amines is 1. The van der Waals surface area contributed by atoms with Crippen molar-refractivity contribution in [1.29, 1.82) is 0 Å². The van der Waals surface area contributed by atoms with Crippen LogP contribution >= 0.6 is 11.3 Å². The number of H-pyrrole nitrogens is 1. The highest BCUT2D eigenvalue weighted by Crippen LogP contribution is 2.29. The van der Waals surface area contributed by atoms with Gasteiger partial charge in [0.05, 0.1) is 17.6 Å². The highest BCUT2D eigenvalue weighted by molar-refractivity contribution is 7.14. The monoisotopic (exact) mass is 396 g/mol. The number of carbonyl (C=O) groups is 1. The Balaban J connectivity index is 1.79. The third-order valence-electron chi connectivity index (χ3n) is 4.00. The molecule has 0 aliphatic heterocycles. The largest absolute Gasteiger partial charge is 0.291 e. The Hall–Kier alpha value is -3.33. The van der Waals surface area contributed by atoms with Crippen molar-refractivity contribution in [1.82, 2.24) is 15.0 Å². The second kappa shape index (κ2) is 8.13. The van der Waals surface area contributed by atoms with Crippen molar-refractivity contribution in [2.45, 2.75) is 27.7 Å². The normalized spacial score (nSPS) is 11.0. The number of hydrogen-bond acceptors (Lipinski definition) is 7. The van der Waals surface area contributed by atoms with E-state index < -0.39 is 0 Å². The smallest absolute Gasteiger partial charge is 0.252 e. The fourth-order valence-electron chi connectivity index (χ4n) is 2.52. The number of hydrogen-bond donors (Lipinski definition) is 2. The number of thiazole rings is 1. The highest BCUT2D eigenvalue weighted by atomic mass is 32.1. The lowest BCUT2D eigenvalue weighted by molar-refractivity contribution is -0.115. The molecule has 2 heterocycles. The number of nitrogens with one attached hydrogen (secondary N) is 2. The van der Waals surface area contributed by atoms with Crippen LogP contribution in [0.4, 0.5) is 16.8 Å². The lowest BCUT2D eigenvalue weighted by Crippen LogP contribution is -2.22. The van der Waals surface area contributed by atoms with E-state index in [2.05, 4.69) is 25.5 Å². The summed E-state index contributed by atoms with van der Waals surface area (Å²) in [5, 5.41) is 6.39. The van der Waals surface area contributed by atoms with Crippen LogP contribution in [0, 0.1) is 20.8 Å². The van der Waals surface area contributed by atoms with E-state index in [4.69, 9.17) is 0 Å². The summed E-state index contributed by atoms with van der Waals surface area (Å²) in [6, 6.07) is 7.24. The third kappa shape index (κ3) is 4.49. The summed E-state index contributed by atoms with van der Waals surface area (Å²) >= 11 is 1.34. The van der Waals surface area contributed by atoms with Crippen molar-refractivity contribution in [3.8, 4) is 0 Å². The number of rotatable bonds is 5. The second-order valence-corrected chi connectivity index (χ2v) is 7.12. The van der Waals surface area contributed by atoms with Gasteiger partial charge in [-0.15, -0.1) is 11.3 Å². The zero-order chi connectivity index (χ0) is 20.3. The first-order valence-electron chi connectivity index (χ1n) is 8.54. The van der Waals surface area contributed by atoms with Gasteiger partial charge in [0.15, 0.2) is 5.13 Å². The number of aryl methyl sites for hydroxylation is 3. The van der Waals surface area contributed by atoms with Gasteiger partial charge in [-0.2, -0.15) is 5.10 Å². The van der Waals surface area contributed by atoms with Gasteiger partial charge < -0.3 is 0 Å². The van der Waals surface area contributed by atoms with Gasteiger partial charge in [0.1, 0.15) is 0 Å². The Bertz CT molecular complexity index is 1100. The topological polar surface area (TPSA) is 103 Å². The van der Waals surface area contributed by atoms with Crippen LogP contribution in [0.15, 0.2) is 39.5 Å². The molecule has 8 nitrogen and oxygen atoms in total. The van der Waals surface area contributed by atoms with Gasteiger partial charge >= 0.3 is 0 Å². The van der Waals surface area contributed by atoms with E-state index in [0.717, 1.165) is 16.8 Å². The SMILES string of the molecule is CC(=O)N(c1ccc(C)c(C)c1)c1nc(/C=N\Nc2nc(C)cc(=O)[nH]2)cs1. The molecule has 1 aromatic carbocycles. The molecule has 3 aromatic rings. The molecule has 0 spiro atoms. The van der Waals surface area contributed by atoms with Crippen LogP contribution in [-0.4, -0.2) is 27.1 Å². The number of amides is 1. The predicted octanol–water partition coefficient (Wildman–Crippen LogP) is 3.28. The first-order chi connectivity index (χ1) is 13.3. The fraction of sp³-hybridized carbons (Fsp3) is 0.211. The summed E-state index contributed by atoms with van der Waals surface area (Å²) in [6.07, 6.45) is 1.50. The Morgan fingerprint density at radius 3 is 2.68 bits per heavy atom. The number of aromatic nitrogens is 3. The Labute approximate surface area is 166 Å². The minimum absolute atomic E-state index is 0.124. The van der Waals surface area contributed by atoms with Crippen molar-refractivity contribution < 1.29 is 4.79 Å². The van der Waals surface area contributed by atoms with Crippen molar-refractivity contribution in [3.05, 3.63) is 62.5 Å². The van der Waals surface area contributed by atoms with Crippen LogP contribution in [0.2, 0.25) is 0 Å². The summed E-state index contributed by atoms with van der Waals surface area (Å²) in [5.41, 5.74) is 6.61. The fourth-order valence-corrected chi connectivity index (χ4v) is 3.36. The number of hydrazone groups is 1. The second-order valence-electron chi connectivity index (χ2n) is 6.28. The van der Waals surface area contributed by atoms with Crippen LogP contribution in [0.1, 0.15) is 29.4 Å². The van der Waals surface area contributed by atoms with Crippen LogP contribution < -0.4 is 15.9 Å². The molecular weight excluding hydrogens is 376 g/mol. The summed E-state index contributed by atoms with van der Waals surface area (Å²) in [4.78, 5) is 36.4. The minimum Gasteiger partial charge on any atom is -0.291 e. The maximum Gasteiger partial charge on any atom is 0.252 e. The molecule has 0 unspecified atom stereocenters. The highest BCUT2D eigenvalue weighted by Gasteiger charge is 2.18. The van der Waals surface area contributed by atoms with Gasteiger partial charge in [-0.1, -0.05) is 6.07 Å². The van der Waals surface area contributed by atoms with E-state index in [0.29, 0.717) is 16.5 Å². The first-order valence-corrected chi connectivity index (χ1v) is 9.42. The quantitative estimate of drug-likeness (QED) is 0.509. The molecule has 0 saturated heterocycles. The van der Waals surface area contributed by atoms with Gasteiger partial charge in [-0.25, -0.2) is 15.4 Å². The molecule has 2 N–H and O–H groups in total. The maximum absolute atomic E-state index is 12.2. The minimum atomic E-state index is -0.258. The molecule has 1 amide bonds. The van der Waals surface area contributed by atoms with E-state index in [-0.39, 0.29) is 17.4 Å². The molecule has 0 bridgehead atoms. The van der Waals surface area contributed by atoms with Gasteiger partial charge in [-0.05, 0) is 44.0 Å². The molecule has 0 atom stereocenters. The number of nitrogens with zero attached hydrogens (tertiary/aromatic N) is 4. The average Bonchev–Trinajstić information content (AvgIpc) is 3.05. The van der Waals surface area contributed by atoms with Crippen LogP contribution in [-0.2, 0) is 4.79 Å². The average molecular weight is 396 g/mol. The van der Waals surface area contributed by atoms with Gasteiger partial charge in [0.2, 0.25) is 11.9 Å². The molecule has 3 rings (SSSR count). The molecule has 0 saturated carbocycles. The Kier molecular flexibility index (Phi) is 5.65. The van der Waals surface area contributed by atoms with E-state index in [9.17, 15) is 9.59 Å². The lowest BCUT2D eigenvalue weighted by atomic mass is 10.1. The van der Waals surface area contributed by atoms with E-state index in [1.807, 2.05) is 32.0 Å². The molecule has 0 aliphatic rings. The molecule has 9 heteroatoms. The summed E-state index contributed by atoms with van der Waals surface area (Å²) < 4.78 is 0. The van der Waals surface area contributed by atoms with Gasteiger partial charge in [0.25, 0.3) is 5.56 Å². The molecule has 0 aliphatic carbocycles. The maximum atomic E-state index is 12.2. The number of anilines is 3. The summed E-state index contributed by atoms with van der Waals surface area (Å²) in [7, 11) is 0. The van der Waals surface area contributed by atoms with Crippen molar-refractivity contribution in [2.24, 2.45) is 5.10 Å². The molecule has 28 heavy (non-hydrogen) atoms. The van der Waals surface area contributed by atoms with Crippen molar-refractivity contribution in [3.63, 3.8) is 0 Å². The number of benzene rings is 1. The Morgan fingerprint density at radius 1 is 1.21 bits per heavy atom. The summed E-state index contributed by atoms with van der Waals surface area (Å²) in [6.45, 7) is 7.26. The van der Waals surface area contributed by atoms with Crippen LogP contribution in [0.3, 0.4) is 0 Å². The molecule has 144 valence electrons. The first kappa shape index (κ1) is 19.4. The van der Waals surface area contributed by atoms with E-state index in [1.165, 1.54) is 30.5 Å². The number of carbonyl (C=O) groups excluding carboxylic acids is 1. The Morgan fingerprint density at radius 2 is 2.00 bits per heavy atom. The van der Waals surface area contributed by atoms with Gasteiger partial charge in [0, 0.05) is 24.1 Å². The molecule has 2 aromatic heterocycles. The lowest BCUT2D eigenvalue weighted by Gasteiger charge is -2.19. The van der Waals surface area contributed by atoms with Crippen LogP contribution in [0.25, 0.3) is 0 Å². The van der Waals surface area contributed by atoms with Crippen molar-refractivity contribution in [2.75, 3.05) is 10.3 Å². The predicted molar refractivity (Wildman–Crippen MR) is 112 cm³/mol. The summed E-state index contributed by atoms with van der Waals surface area (Å²) in [5.74, 6) is 0.123. The van der Waals surface area contributed by atoms with E-state index in [1.54, 1.807) is 17.2 Å². The van der Waals surface area contributed by atoms with E-state index >= 15 is 0 Å². The third-order valence-corrected chi connectivity index (χ3v) is 4.85. The zero-order valence-corrected chi connectivity index (χ0v) is 16.8. The molecular formula is C19H20N6O2S. The van der Waals surface area contributed by atoms with Crippen LogP contribution in [0.5, 0.6) is 0 Å².